The van der Waals surface area contributed by atoms with Gasteiger partial charge in [-0.2, -0.15) is 0 Å². The largest absolute Gasteiger partial charge is 0.325 e. The van der Waals surface area contributed by atoms with Gasteiger partial charge in [-0.25, -0.2) is 5.43 Å². The highest BCUT2D eigenvalue weighted by atomic mass is 16.1. The molecule has 1 aliphatic carbocycles. The Bertz CT molecular complexity index is 607. The Kier molecular flexibility index (Phi) is 5.61. The van der Waals surface area contributed by atoms with Crippen molar-refractivity contribution in [3.8, 4) is 0 Å². The topological polar surface area (TPSA) is 65.8 Å². The molecule has 0 aromatic rings. The van der Waals surface area contributed by atoms with Crippen LogP contribution in [0.1, 0.15) is 52.4 Å². The van der Waals surface area contributed by atoms with Crippen molar-refractivity contribution >= 4 is 17.7 Å². The molecule has 3 aliphatic rings. The highest BCUT2D eigenvalue weighted by Crippen LogP contribution is 2.30. The van der Waals surface area contributed by atoms with Gasteiger partial charge in [0, 0.05) is 49.1 Å². The maximum Gasteiger partial charge on any atom is 0.130 e. The van der Waals surface area contributed by atoms with Crippen molar-refractivity contribution in [1.82, 2.24) is 10.9 Å². The zero-order valence-corrected chi connectivity index (χ0v) is 14.8. The summed E-state index contributed by atoms with van der Waals surface area (Å²) in [5, 5.41) is 0. The molecular formula is C19H28N4O. The van der Waals surface area contributed by atoms with Crippen LogP contribution in [0.5, 0.6) is 0 Å². The van der Waals surface area contributed by atoms with Crippen LogP contribution in [0, 0.1) is 5.92 Å². The highest BCUT2D eigenvalue weighted by molar-refractivity contribution is 6.06. The number of hydrogen-bond donors (Lipinski definition) is 2. The van der Waals surface area contributed by atoms with Gasteiger partial charge in [0.25, 0.3) is 0 Å². The average Bonchev–Trinajstić information content (AvgIpc) is 2.52. The molecule has 24 heavy (non-hydrogen) atoms. The van der Waals surface area contributed by atoms with E-state index in [1.807, 2.05) is 6.21 Å². The van der Waals surface area contributed by atoms with E-state index in [0.717, 1.165) is 57.3 Å². The Morgan fingerprint density at radius 1 is 1.33 bits per heavy atom. The standard InChI is InChI=1S/C19H28N4O/c1-13(24)11-15-3-5-17(6-4-15)22-18-8-10-20-9-7-16-12-21-23-14(2)19(16)18/h7,9,15,17,21,23H,3-6,8,10-12H2,1-2H3. The molecule has 0 unspecified atom stereocenters. The van der Waals surface area contributed by atoms with E-state index >= 15 is 0 Å². The van der Waals surface area contributed by atoms with Crippen LogP contribution in [0.15, 0.2) is 32.9 Å². The first-order chi connectivity index (χ1) is 11.6. The van der Waals surface area contributed by atoms with Crippen LogP contribution in [0.25, 0.3) is 0 Å². The number of allylic oxidation sites excluding steroid dienone is 2. The van der Waals surface area contributed by atoms with Crippen molar-refractivity contribution < 1.29 is 4.79 Å². The first-order valence-electron chi connectivity index (χ1n) is 9.09. The molecule has 0 bridgehead atoms. The van der Waals surface area contributed by atoms with Crippen molar-refractivity contribution in [1.29, 1.82) is 0 Å². The molecule has 0 atom stereocenters. The average molecular weight is 328 g/mol. The maximum absolute atomic E-state index is 11.3. The summed E-state index contributed by atoms with van der Waals surface area (Å²) in [6, 6.07) is 0.392. The molecule has 0 aromatic carbocycles. The van der Waals surface area contributed by atoms with Gasteiger partial charge in [0.2, 0.25) is 0 Å². The fraction of sp³-hybridized carbons (Fsp3) is 0.632. The Morgan fingerprint density at radius 2 is 2.12 bits per heavy atom. The Balaban J connectivity index is 1.75. The molecule has 1 fully saturated rings. The molecule has 2 N–H and O–H groups in total. The van der Waals surface area contributed by atoms with Crippen LogP contribution in [0.4, 0.5) is 0 Å². The second-order valence-electron chi connectivity index (χ2n) is 7.13. The first-order valence-corrected chi connectivity index (χ1v) is 9.09. The lowest BCUT2D eigenvalue weighted by Crippen LogP contribution is -2.39. The minimum absolute atomic E-state index is 0.319. The predicted octanol–water partition coefficient (Wildman–Crippen LogP) is 2.75. The van der Waals surface area contributed by atoms with E-state index in [9.17, 15) is 4.79 Å². The summed E-state index contributed by atoms with van der Waals surface area (Å²) < 4.78 is 0. The van der Waals surface area contributed by atoms with E-state index in [0.29, 0.717) is 17.7 Å². The summed E-state index contributed by atoms with van der Waals surface area (Å²) in [6.07, 6.45) is 10.1. The van der Waals surface area contributed by atoms with Crippen LogP contribution in [-0.4, -0.2) is 36.8 Å². The van der Waals surface area contributed by atoms with E-state index in [-0.39, 0.29) is 0 Å². The molecule has 130 valence electrons. The third-order valence-electron chi connectivity index (χ3n) is 5.13. The summed E-state index contributed by atoms with van der Waals surface area (Å²) in [6.45, 7) is 5.40. The van der Waals surface area contributed by atoms with Crippen molar-refractivity contribution in [3.05, 3.63) is 22.9 Å². The lowest BCUT2D eigenvalue weighted by molar-refractivity contribution is -0.118. The number of aliphatic imine (C=N–C) groups is 2. The van der Waals surface area contributed by atoms with Crippen molar-refractivity contribution in [2.45, 2.75) is 58.4 Å². The van der Waals surface area contributed by atoms with E-state index in [1.165, 1.54) is 16.9 Å². The zero-order chi connectivity index (χ0) is 16.9. The Labute approximate surface area is 144 Å². The van der Waals surface area contributed by atoms with Crippen LogP contribution in [0.3, 0.4) is 0 Å². The summed E-state index contributed by atoms with van der Waals surface area (Å²) in [4.78, 5) is 20.9. The van der Waals surface area contributed by atoms with E-state index < -0.39 is 0 Å². The van der Waals surface area contributed by atoms with Crippen LogP contribution in [0.2, 0.25) is 0 Å². The van der Waals surface area contributed by atoms with E-state index in [1.54, 1.807) is 6.92 Å². The number of carbonyl (C=O) groups is 1. The molecule has 0 spiro atoms. The van der Waals surface area contributed by atoms with Gasteiger partial charge < -0.3 is 10.2 Å². The van der Waals surface area contributed by atoms with Crippen LogP contribution in [-0.2, 0) is 4.79 Å². The highest BCUT2D eigenvalue weighted by Gasteiger charge is 2.25. The molecular weight excluding hydrogens is 300 g/mol. The SMILES string of the molecule is CC(=O)CC1CCC(N=C2CCN=CC=C3CNNC(C)=C32)CC1. The van der Waals surface area contributed by atoms with Gasteiger partial charge in [0.1, 0.15) is 5.78 Å². The molecule has 2 heterocycles. The fourth-order valence-electron chi connectivity index (χ4n) is 3.95. The summed E-state index contributed by atoms with van der Waals surface area (Å²) >= 11 is 0. The number of carbonyl (C=O) groups excluding carboxylic acids is 1. The number of nitrogens with zero attached hydrogens (tertiary/aromatic N) is 2. The monoisotopic (exact) mass is 328 g/mol. The maximum atomic E-state index is 11.3. The smallest absolute Gasteiger partial charge is 0.130 e. The van der Waals surface area contributed by atoms with Gasteiger partial charge in [-0.3, -0.25) is 9.98 Å². The van der Waals surface area contributed by atoms with Gasteiger partial charge in [-0.15, -0.1) is 0 Å². The van der Waals surface area contributed by atoms with Gasteiger partial charge in [-0.1, -0.05) is 0 Å². The second-order valence-corrected chi connectivity index (χ2v) is 7.13. The quantitative estimate of drug-likeness (QED) is 0.837. The minimum atomic E-state index is 0.319. The van der Waals surface area contributed by atoms with Crippen LogP contribution >= 0.6 is 0 Å². The minimum Gasteiger partial charge on any atom is -0.325 e. The van der Waals surface area contributed by atoms with E-state index in [2.05, 4.69) is 28.8 Å². The lowest BCUT2D eigenvalue weighted by atomic mass is 9.83. The zero-order valence-electron chi connectivity index (χ0n) is 14.8. The number of nitrogens with one attached hydrogen (secondary N) is 2. The third-order valence-corrected chi connectivity index (χ3v) is 5.13. The third kappa shape index (κ3) is 4.20. The summed E-state index contributed by atoms with van der Waals surface area (Å²) in [5.41, 5.74) is 11.3. The Hall–Kier alpha value is -1.75. The van der Waals surface area contributed by atoms with Gasteiger partial charge in [0.05, 0.1) is 6.04 Å². The first kappa shape index (κ1) is 17.1. The molecule has 3 rings (SSSR count). The number of rotatable bonds is 3. The lowest BCUT2D eigenvalue weighted by Gasteiger charge is -2.29. The number of ketones is 1. The molecule has 2 aliphatic heterocycles. The number of Topliss-reactive ketones (excluding diaryl/α,β-unsaturated/α-hetero) is 1. The number of fused-ring (bicyclic) bond motifs is 1. The molecule has 0 amide bonds. The second kappa shape index (κ2) is 7.88. The van der Waals surface area contributed by atoms with Crippen molar-refractivity contribution in [2.75, 3.05) is 13.1 Å². The van der Waals surface area contributed by atoms with Gasteiger partial charge >= 0.3 is 0 Å². The molecule has 5 heteroatoms. The summed E-state index contributed by atoms with van der Waals surface area (Å²) in [7, 11) is 0. The van der Waals surface area contributed by atoms with Crippen LogP contribution < -0.4 is 10.9 Å². The predicted molar refractivity (Wildman–Crippen MR) is 98.4 cm³/mol. The molecule has 0 radical (unpaired) electrons. The van der Waals surface area contributed by atoms with Crippen molar-refractivity contribution in [3.63, 3.8) is 0 Å². The number of hydrazine groups is 1. The fourth-order valence-corrected chi connectivity index (χ4v) is 3.95. The normalized spacial score (nSPS) is 29.4. The van der Waals surface area contributed by atoms with Gasteiger partial charge in [0.15, 0.2) is 0 Å². The summed E-state index contributed by atoms with van der Waals surface area (Å²) in [5.74, 6) is 0.886. The van der Waals surface area contributed by atoms with Gasteiger partial charge in [-0.05, 0) is 57.1 Å². The molecule has 1 saturated carbocycles. The number of hydrogen-bond acceptors (Lipinski definition) is 5. The molecule has 0 saturated heterocycles. The molecule has 0 aromatic heterocycles. The Morgan fingerprint density at radius 3 is 2.88 bits per heavy atom. The van der Waals surface area contributed by atoms with Crippen molar-refractivity contribution in [2.24, 2.45) is 15.9 Å². The van der Waals surface area contributed by atoms with E-state index in [4.69, 9.17) is 4.99 Å². The molecule has 5 nitrogen and oxygen atoms in total.